The third-order valence-corrected chi connectivity index (χ3v) is 4.44. The number of nitrogens with zero attached hydrogens (tertiary/aromatic N) is 4. The fraction of sp³-hybridized carbons (Fsp3) is 0.632. The number of hydrogen-bond donors (Lipinski definition) is 0. The second kappa shape index (κ2) is 9.06. The average molecular weight is 344 g/mol. The van der Waals surface area contributed by atoms with E-state index in [1.165, 1.54) is 5.56 Å². The van der Waals surface area contributed by atoms with Gasteiger partial charge in [-0.05, 0) is 30.4 Å². The molecule has 0 amide bonds. The van der Waals surface area contributed by atoms with Crippen LogP contribution in [0.25, 0.3) is 0 Å². The van der Waals surface area contributed by atoms with E-state index in [0.717, 1.165) is 57.0 Å². The van der Waals surface area contributed by atoms with Gasteiger partial charge in [0.1, 0.15) is 0 Å². The van der Waals surface area contributed by atoms with Crippen molar-refractivity contribution in [1.82, 2.24) is 20.0 Å². The minimum atomic E-state index is 0.340. The summed E-state index contributed by atoms with van der Waals surface area (Å²) in [5.74, 6) is 2.01. The number of aromatic nitrogens is 3. The highest BCUT2D eigenvalue weighted by Crippen LogP contribution is 2.16. The first kappa shape index (κ1) is 18.0. The second-order valence-corrected chi connectivity index (χ2v) is 7.16. The monoisotopic (exact) mass is 344 g/mol. The SMILES string of the molecule is CC(C)Cc1nc(CCOC2CCN(Cc3cccnc3)CC2)no1. The van der Waals surface area contributed by atoms with E-state index in [-0.39, 0.29) is 0 Å². The summed E-state index contributed by atoms with van der Waals surface area (Å²) in [6.45, 7) is 8.07. The van der Waals surface area contributed by atoms with Crippen molar-refractivity contribution >= 4 is 0 Å². The Kier molecular flexibility index (Phi) is 6.53. The fourth-order valence-corrected chi connectivity index (χ4v) is 3.12. The number of rotatable bonds is 8. The maximum absolute atomic E-state index is 6.02. The maximum Gasteiger partial charge on any atom is 0.226 e. The number of pyridine rings is 1. The van der Waals surface area contributed by atoms with Crippen LogP contribution in [-0.2, 0) is 24.1 Å². The Morgan fingerprint density at radius 3 is 2.88 bits per heavy atom. The summed E-state index contributed by atoms with van der Waals surface area (Å²) in [6.07, 6.45) is 7.81. The summed E-state index contributed by atoms with van der Waals surface area (Å²) in [5, 5.41) is 4.03. The molecule has 0 atom stereocenters. The van der Waals surface area contributed by atoms with Gasteiger partial charge in [0.2, 0.25) is 5.89 Å². The first-order valence-corrected chi connectivity index (χ1v) is 9.23. The van der Waals surface area contributed by atoms with E-state index in [9.17, 15) is 0 Å². The van der Waals surface area contributed by atoms with Crippen LogP contribution < -0.4 is 0 Å². The summed E-state index contributed by atoms with van der Waals surface area (Å²) >= 11 is 0. The lowest BCUT2D eigenvalue weighted by Crippen LogP contribution is -2.36. The quantitative estimate of drug-likeness (QED) is 0.734. The Balaban J connectivity index is 1.33. The molecule has 0 unspecified atom stereocenters. The molecule has 0 bridgehead atoms. The predicted molar refractivity (Wildman–Crippen MR) is 95.0 cm³/mol. The van der Waals surface area contributed by atoms with Gasteiger partial charge >= 0.3 is 0 Å². The molecule has 6 heteroatoms. The van der Waals surface area contributed by atoms with Crippen molar-refractivity contribution in [3.8, 4) is 0 Å². The summed E-state index contributed by atoms with van der Waals surface area (Å²) in [7, 11) is 0. The Hall–Kier alpha value is -1.79. The van der Waals surface area contributed by atoms with E-state index in [0.29, 0.717) is 18.6 Å². The topological polar surface area (TPSA) is 64.3 Å². The number of piperidine rings is 1. The number of hydrogen-bond acceptors (Lipinski definition) is 6. The molecular weight excluding hydrogens is 316 g/mol. The minimum Gasteiger partial charge on any atom is -0.378 e. The van der Waals surface area contributed by atoms with Gasteiger partial charge < -0.3 is 9.26 Å². The van der Waals surface area contributed by atoms with Crippen molar-refractivity contribution in [1.29, 1.82) is 0 Å². The van der Waals surface area contributed by atoms with Gasteiger partial charge in [0.25, 0.3) is 0 Å². The average Bonchev–Trinajstić information content (AvgIpc) is 3.04. The smallest absolute Gasteiger partial charge is 0.226 e. The highest BCUT2D eigenvalue weighted by atomic mass is 16.5. The first-order chi connectivity index (χ1) is 12.2. The minimum absolute atomic E-state index is 0.340. The van der Waals surface area contributed by atoms with Crippen molar-refractivity contribution in [3.63, 3.8) is 0 Å². The van der Waals surface area contributed by atoms with Crippen LogP contribution in [0.2, 0.25) is 0 Å². The molecule has 3 heterocycles. The molecule has 2 aromatic heterocycles. The molecule has 1 aliphatic heterocycles. The van der Waals surface area contributed by atoms with E-state index in [2.05, 4.69) is 39.9 Å². The third-order valence-electron chi connectivity index (χ3n) is 4.44. The standard InChI is InChI=1S/C19H28N4O2/c1-15(2)12-19-21-18(22-25-19)7-11-24-17-5-9-23(10-6-17)14-16-4-3-8-20-13-16/h3-4,8,13,15,17H,5-7,9-12,14H2,1-2H3. The van der Waals surface area contributed by atoms with Crippen molar-refractivity contribution in [3.05, 3.63) is 41.8 Å². The summed E-state index contributed by atoms with van der Waals surface area (Å²) in [5.41, 5.74) is 1.27. The highest BCUT2D eigenvalue weighted by Gasteiger charge is 2.20. The van der Waals surface area contributed by atoms with Gasteiger partial charge in [-0.2, -0.15) is 4.98 Å². The van der Waals surface area contributed by atoms with Gasteiger partial charge in [-0.3, -0.25) is 9.88 Å². The van der Waals surface area contributed by atoms with E-state index in [1.807, 2.05) is 18.5 Å². The molecule has 25 heavy (non-hydrogen) atoms. The lowest BCUT2D eigenvalue weighted by molar-refractivity contribution is 0.00674. The normalized spacial score (nSPS) is 16.6. The van der Waals surface area contributed by atoms with E-state index in [4.69, 9.17) is 9.26 Å². The van der Waals surface area contributed by atoms with Crippen LogP contribution in [0.3, 0.4) is 0 Å². The first-order valence-electron chi connectivity index (χ1n) is 9.23. The zero-order chi connectivity index (χ0) is 17.5. The molecule has 0 aromatic carbocycles. The van der Waals surface area contributed by atoms with Crippen LogP contribution in [-0.4, -0.2) is 45.8 Å². The number of ether oxygens (including phenoxy) is 1. The zero-order valence-corrected chi connectivity index (χ0v) is 15.2. The Morgan fingerprint density at radius 2 is 2.16 bits per heavy atom. The van der Waals surface area contributed by atoms with Gasteiger partial charge in [0.05, 0.1) is 12.7 Å². The molecule has 2 aromatic rings. The molecule has 1 saturated heterocycles. The Bertz CT molecular complexity index is 621. The molecule has 0 radical (unpaired) electrons. The summed E-state index contributed by atoms with van der Waals surface area (Å²) in [4.78, 5) is 11.1. The molecular formula is C19H28N4O2. The maximum atomic E-state index is 6.02. The zero-order valence-electron chi connectivity index (χ0n) is 15.2. The van der Waals surface area contributed by atoms with Gasteiger partial charge in [0, 0.05) is 44.9 Å². The van der Waals surface area contributed by atoms with Crippen molar-refractivity contribution < 1.29 is 9.26 Å². The molecule has 0 N–H and O–H groups in total. The highest BCUT2D eigenvalue weighted by molar-refractivity contribution is 5.08. The van der Waals surface area contributed by atoms with Crippen LogP contribution in [0, 0.1) is 5.92 Å². The van der Waals surface area contributed by atoms with Gasteiger partial charge in [-0.25, -0.2) is 0 Å². The molecule has 6 nitrogen and oxygen atoms in total. The summed E-state index contributed by atoms with van der Waals surface area (Å²) in [6, 6.07) is 4.13. The van der Waals surface area contributed by atoms with Crippen LogP contribution in [0.15, 0.2) is 29.0 Å². The molecule has 1 fully saturated rings. The van der Waals surface area contributed by atoms with Gasteiger partial charge in [-0.1, -0.05) is 25.1 Å². The van der Waals surface area contributed by atoms with Gasteiger partial charge in [0.15, 0.2) is 5.82 Å². The predicted octanol–water partition coefficient (Wildman–Crippen LogP) is 2.89. The van der Waals surface area contributed by atoms with Crippen molar-refractivity contribution in [2.24, 2.45) is 5.92 Å². The van der Waals surface area contributed by atoms with Crippen LogP contribution >= 0.6 is 0 Å². The lowest BCUT2D eigenvalue weighted by Gasteiger charge is -2.31. The second-order valence-electron chi connectivity index (χ2n) is 7.16. The van der Waals surface area contributed by atoms with E-state index in [1.54, 1.807) is 0 Å². The molecule has 1 aliphatic rings. The van der Waals surface area contributed by atoms with Crippen molar-refractivity contribution in [2.75, 3.05) is 19.7 Å². The fourth-order valence-electron chi connectivity index (χ4n) is 3.12. The molecule has 136 valence electrons. The Labute approximate surface area is 149 Å². The third kappa shape index (κ3) is 5.90. The van der Waals surface area contributed by atoms with Crippen LogP contribution in [0.1, 0.15) is 44.0 Å². The molecule has 0 saturated carbocycles. The molecule has 0 aliphatic carbocycles. The van der Waals surface area contributed by atoms with Gasteiger partial charge in [-0.15, -0.1) is 0 Å². The lowest BCUT2D eigenvalue weighted by atomic mass is 10.1. The van der Waals surface area contributed by atoms with Crippen LogP contribution in [0.4, 0.5) is 0 Å². The number of likely N-dealkylation sites (tertiary alicyclic amines) is 1. The largest absolute Gasteiger partial charge is 0.378 e. The van der Waals surface area contributed by atoms with Crippen molar-refractivity contribution in [2.45, 2.75) is 52.2 Å². The summed E-state index contributed by atoms with van der Waals surface area (Å²) < 4.78 is 11.3. The molecule has 3 rings (SSSR count). The molecule has 0 spiro atoms. The Morgan fingerprint density at radius 1 is 1.32 bits per heavy atom. The van der Waals surface area contributed by atoms with E-state index >= 15 is 0 Å². The van der Waals surface area contributed by atoms with Crippen LogP contribution in [0.5, 0.6) is 0 Å². The van der Waals surface area contributed by atoms with E-state index < -0.39 is 0 Å².